The zero-order chi connectivity index (χ0) is 24.1. The molecular formula is C23H18ClFN9O+. The fourth-order valence-corrected chi connectivity index (χ4v) is 4.75. The lowest BCUT2D eigenvalue weighted by Crippen LogP contribution is -2.23. The van der Waals surface area contributed by atoms with E-state index in [4.69, 9.17) is 17.3 Å². The summed E-state index contributed by atoms with van der Waals surface area (Å²) >= 11 is 6.27. The van der Waals surface area contributed by atoms with Gasteiger partial charge in [0.05, 0.1) is 5.69 Å². The largest absolute Gasteiger partial charge is 0.384 e. The minimum Gasteiger partial charge on any atom is -0.384 e. The van der Waals surface area contributed by atoms with Crippen LogP contribution in [0.2, 0.25) is 5.02 Å². The highest BCUT2D eigenvalue weighted by atomic mass is 35.5. The van der Waals surface area contributed by atoms with Crippen molar-refractivity contribution in [3.8, 4) is 28.2 Å². The van der Waals surface area contributed by atoms with E-state index in [1.54, 1.807) is 35.0 Å². The highest BCUT2D eigenvalue weighted by Crippen LogP contribution is 2.34. The molecule has 0 aliphatic carbocycles. The zero-order valence-electron chi connectivity index (χ0n) is 18.1. The Morgan fingerprint density at radius 3 is 2.86 bits per heavy atom. The summed E-state index contributed by atoms with van der Waals surface area (Å²) in [5.74, 6) is -0.121. The van der Waals surface area contributed by atoms with E-state index in [2.05, 4.69) is 30.5 Å². The molecule has 4 aromatic heterocycles. The lowest BCUT2D eigenvalue weighted by atomic mass is 10.0. The van der Waals surface area contributed by atoms with Gasteiger partial charge in [0, 0.05) is 22.3 Å². The number of pyridine rings is 2. The number of aromatic amines is 2. The lowest BCUT2D eigenvalue weighted by Gasteiger charge is -2.14. The first-order valence-corrected chi connectivity index (χ1v) is 11.2. The van der Waals surface area contributed by atoms with E-state index in [0.29, 0.717) is 29.4 Å². The maximum atomic E-state index is 14.3. The van der Waals surface area contributed by atoms with Gasteiger partial charge in [0.15, 0.2) is 5.69 Å². The van der Waals surface area contributed by atoms with Crippen molar-refractivity contribution in [3.05, 3.63) is 87.7 Å². The van der Waals surface area contributed by atoms with Crippen LogP contribution in [0.15, 0.2) is 59.8 Å². The van der Waals surface area contributed by atoms with E-state index in [1.807, 2.05) is 12.1 Å². The molecule has 0 fully saturated rings. The number of rotatable bonds is 4. The number of fused-ring (bicyclic) bond motifs is 1. The molecule has 1 unspecified atom stereocenters. The van der Waals surface area contributed by atoms with E-state index in [-0.39, 0.29) is 23.0 Å². The molecule has 0 saturated heterocycles. The van der Waals surface area contributed by atoms with Gasteiger partial charge in [0.2, 0.25) is 5.95 Å². The Morgan fingerprint density at radius 2 is 2.06 bits per heavy atom. The highest BCUT2D eigenvalue weighted by Gasteiger charge is 2.30. The van der Waals surface area contributed by atoms with Gasteiger partial charge in [-0.15, -0.1) is 5.10 Å². The van der Waals surface area contributed by atoms with Crippen molar-refractivity contribution in [1.29, 1.82) is 0 Å². The standard InChI is InChI=1S/C23H17ClFN9O/c24-13-1-4-18(33-11-28-31-32-33)16(9-13)12-7-14-2-5-19(34(14)21(35)8-12)17-10-27-23(29-17)15-3-6-20(26)30-22(15)25/h1,3-4,6-11,19H,2,5H2,(H2,26,30)(H,27,29)/p+1. The Kier molecular flexibility index (Phi) is 4.92. The molecule has 5 aromatic rings. The Balaban J connectivity index is 1.39. The fraction of sp³-hybridized carbons (Fsp3) is 0.130. The number of benzene rings is 1. The van der Waals surface area contributed by atoms with Gasteiger partial charge in [-0.2, -0.15) is 9.07 Å². The van der Waals surface area contributed by atoms with E-state index in [9.17, 15) is 9.18 Å². The van der Waals surface area contributed by atoms with E-state index < -0.39 is 5.95 Å². The summed E-state index contributed by atoms with van der Waals surface area (Å²) in [6.07, 6.45) is 4.64. The van der Waals surface area contributed by atoms with Gasteiger partial charge in [-0.1, -0.05) is 11.6 Å². The summed E-state index contributed by atoms with van der Waals surface area (Å²) in [6, 6.07) is 11.8. The third kappa shape index (κ3) is 3.66. The molecule has 1 atom stereocenters. The van der Waals surface area contributed by atoms with Crippen LogP contribution in [0.25, 0.3) is 28.2 Å². The molecule has 0 bridgehead atoms. The molecule has 0 amide bonds. The number of aromatic nitrogens is 8. The Morgan fingerprint density at radius 1 is 1.17 bits per heavy atom. The van der Waals surface area contributed by atoms with Crippen molar-refractivity contribution in [1.82, 2.24) is 34.7 Å². The zero-order valence-corrected chi connectivity index (χ0v) is 18.9. The molecule has 0 spiro atoms. The molecule has 4 N–H and O–H groups in total. The molecule has 1 aliphatic heterocycles. The van der Waals surface area contributed by atoms with Crippen LogP contribution in [0, 0.1) is 5.95 Å². The second-order valence-electron chi connectivity index (χ2n) is 8.23. The topological polar surface area (TPSA) is 134 Å². The second kappa shape index (κ2) is 8.13. The first-order valence-electron chi connectivity index (χ1n) is 10.8. The maximum absolute atomic E-state index is 14.3. The second-order valence-corrected chi connectivity index (χ2v) is 8.67. The van der Waals surface area contributed by atoms with Gasteiger partial charge < -0.3 is 10.3 Å². The summed E-state index contributed by atoms with van der Waals surface area (Å²) < 4.78 is 17.6. The number of nitrogens with one attached hydrogen (secondary N) is 2. The van der Waals surface area contributed by atoms with E-state index >= 15 is 0 Å². The Bertz CT molecular complexity index is 1630. The molecule has 12 heteroatoms. The summed E-state index contributed by atoms with van der Waals surface area (Å²) in [7, 11) is 0. The number of nitrogens with zero attached hydrogens (tertiary/aromatic N) is 6. The first-order chi connectivity index (χ1) is 17.0. The van der Waals surface area contributed by atoms with Gasteiger partial charge in [0.1, 0.15) is 29.9 Å². The van der Waals surface area contributed by atoms with Crippen molar-refractivity contribution in [3.63, 3.8) is 0 Å². The molecular weight excluding hydrogens is 473 g/mol. The maximum Gasteiger partial charge on any atom is 0.289 e. The average molecular weight is 491 g/mol. The third-order valence-electron chi connectivity index (χ3n) is 6.14. The van der Waals surface area contributed by atoms with Crippen molar-refractivity contribution < 1.29 is 9.37 Å². The van der Waals surface area contributed by atoms with Gasteiger partial charge in [-0.3, -0.25) is 4.79 Å². The summed E-state index contributed by atoms with van der Waals surface area (Å²) in [6.45, 7) is 0. The minimum atomic E-state index is -0.678. The van der Waals surface area contributed by atoms with Crippen LogP contribution >= 0.6 is 11.6 Å². The van der Waals surface area contributed by atoms with Gasteiger partial charge in [-0.25, -0.2) is 15.0 Å². The number of nitrogens with two attached hydrogens (primary N) is 1. The van der Waals surface area contributed by atoms with Crippen molar-refractivity contribution >= 4 is 17.4 Å². The number of H-pyrrole nitrogens is 2. The van der Waals surface area contributed by atoms with Gasteiger partial charge in [-0.05, 0) is 65.2 Å². The smallest absolute Gasteiger partial charge is 0.289 e. The SMILES string of the molecule is Nc1ccc(-c2[nH]c(C3CCc4cc(-c5cc(Cl)ccc5-n5cnnn5)cc(=O)n43)c[nH+]2)c(F)n1. The molecule has 0 saturated carbocycles. The molecule has 35 heavy (non-hydrogen) atoms. The monoisotopic (exact) mass is 490 g/mol. The normalized spacial score (nSPS) is 14.9. The fourth-order valence-electron chi connectivity index (χ4n) is 4.58. The number of halogens is 2. The molecule has 1 aromatic carbocycles. The van der Waals surface area contributed by atoms with Crippen molar-refractivity contribution in [2.24, 2.45) is 0 Å². The van der Waals surface area contributed by atoms with Crippen LogP contribution < -0.4 is 16.3 Å². The molecule has 10 nitrogen and oxygen atoms in total. The molecule has 0 radical (unpaired) electrons. The third-order valence-corrected chi connectivity index (χ3v) is 6.37. The number of tetrazole rings is 1. The number of hydrogen-bond donors (Lipinski definition) is 2. The van der Waals surface area contributed by atoms with Gasteiger partial charge in [0.25, 0.3) is 11.4 Å². The Hall–Kier alpha value is -4.38. The minimum absolute atomic E-state index is 0.105. The molecule has 174 valence electrons. The number of imidazole rings is 1. The lowest BCUT2D eigenvalue weighted by molar-refractivity contribution is -0.362. The average Bonchev–Trinajstić information content (AvgIpc) is 3.59. The summed E-state index contributed by atoms with van der Waals surface area (Å²) in [5.41, 5.74) is 9.50. The first kappa shape index (κ1) is 21.2. The van der Waals surface area contributed by atoms with Crippen LogP contribution in [0.3, 0.4) is 0 Å². The summed E-state index contributed by atoms with van der Waals surface area (Å²) in [4.78, 5) is 23.2. The van der Waals surface area contributed by atoms with Gasteiger partial charge >= 0.3 is 0 Å². The van der Waals surface area contributed by atoms with Crippen LogP contribution in [0.1, 0.15) is 23.9 Å². The molecule has 1 aliphatic rings. The van der Waals surface area contributed by atoms with Crippen LogP contribution in [0.5, 0.6) is 0 Å². The highest BCUT2D eigenvalue weighted by molar-refractivity contribution is 6.31. The predicted octanol–water partition coefficient (Wildman–Crippen LogP) is 2.61. The van der Waals surface area contributed by atoms with Crippen molar-refractivity contribution in [2.75, 3.05) is 5.73 Å². The van der Waals surface area contributed by atoms with Crippen LogP contribution in [-0.4, -0.2) is 34.7 Å². The van der Waals surface area contributed by atoms with E-state index in [1.165, 1.54) is 17.1 Å². The van der Waals surface area contributed by atoms with Crippen LogP contribution in [-0.2, 0) is 6.42 Å². The predicted molar refractivity (Wildman–Crippen MR) is 125 cm³/mol. The van der Waals surface area contributed by atoms with E-state index in [0.717, 1.165) is 22.5 Å². The molecule has 6 rings (SSSR count). The quantitative estimate of drug-likeness (QED) is 0.372. The number of hydrogen-bond acceptors (Lipinski definition) is 6. The number of nitrogen functional groups attached to an aromatic ring is 1. The van der Waals surface area contributed by atoms with Crippen molar-refractivity contribution in [2.45, 2.75) is 18.9 Å². The number of aryl methyl sites for hydroxylation is 1. The summed E-state index contributed by atoms with van der Waals surface area (Å²) in [5, 5.41) is 11.9. The van der Waals surface area contributed by atoms with Crippen LogP contribution in [0.4, 0.5) is 10.2 Å². The number of anilines is 1. The molecule has 5 heterocycles. The Labute approximate surface area is 202 Å².